The Labute approximate surface area is 207 Å². The Morgan fingerprint density at radius 1 is 1.29 bits per heavy atom. The highest BCUT2D eigenvalue weighted by molar-refractivity contribution is 5.98. The first-order valence-electron chi connectivity index (χ1n) is 13.0. The lowest BCUT2D eigenvalue weighted by Crippen LogP contribution is -2.70. The lowest BCUT2D eigenvalue weighted by molar-refractivity contribution is -0.198. The average Bonchev–Trinajstić information content (AvgIpc) is 3.10. The molecule has 1 aromatic rings. The van der Waals surface area contributed by atoms with Crippen LogP contribution in [-0.2, 0) is 16.1 Å². The summed E-state index contributed by atoms with van der Waals surface area (Å²) >= 11 is 0. The van der Waals surface area contributed by atoms with Crippen molar-refractivity contribution in [3.63, 3.8) is 0 Å². The number of rotatable bonds is 8. The average molecular weight is 484 g/mol. The standard InChI is InChI=1S/C27H37N3O5/c1-18(7-10-24(32)28-17-31)30-12-19-11-20(8-9-21(19)25(30)33)35-23-6-4-3-5-22(23)29-15-27(16-29)13-26(2,34)14-27/h8-9,11,17-18,22-23,34H,3-7,10,12-16H2,1-2H3,(H,28,31,32). The third-order valence-corrected chi connectivity index (χ3v) is 8.46. The number of carbonyl (C=O) groups excluding carboxylic acids is 3. The van der Waals surface area contributed by atoms with Crippen LogP contribution >= 0.6 is 0 Å². The summed E-state index contributed by atoms with van der Waals surface area (Å²) in [4.78, 5) is 39.3. The Hall–Kier alpha value is -2.45. The van der Waals surface area contributed by atoms with E-state index in [-0.39, 0.29) is 30.4 Å². The Balaban J connectivity index is 1.19. The largest absolute Gasteiger partial charge is 0.489 e. The number of amides is 3. The molecule has 3 unspecified atom stereocenters. The van der Waals surface area contributed by atoms with Gasteiger partial charge in [-0.3, -0.25) is 24.6 Å². The lowest BCUT2D eigenvalue weighted by Gasteiger charge is -2.64. The van der Waals surface area contributed by atoms with Gasteiger partial charge in [-0.05, 0) is 76.1 Å². The maximum absolute atomic E-state index is 12.9. The van der Waals surface area contributed by atoms with Crippen LogP contribution < -0.4 is 10.1 Å². The molecule has 4 aliphatic rings. The molecule has 3 amide bonds. The quantitative estimate of drug-likeness (QED) is 0.552. The van der Waals surface area contributed by atoms with Crippen LogP contribution in [0, 0.1) is 5.41 Å². The predicted octanol–water partition coefficient (Wildman–Crippen LogP) is 2.62. The van der Waals surface area contributed by atoms with Gasteiger partial charge in [-0.1, -0.05) is 6.42 Å². The zero-order valence-corrected chi connectivity index (χ0v) is 20.8. The van der Waals surface area contributed by atoms with E-state index in [0.717, 1.165) is 50.1 Å². The second-order valence-corrected chi connectivity index (χ2v) is 11.6. The van der Waals surface area contributed by atoms with E-state index >= 15 is 0 Å². The summed E-state index contributed by atoms with van der Waals surface area (Å²) in [5.41, 5.74) is 1.49. The number of ether oxygens (including phenoxy) is 1. The van der Waals surface area contributed by atoms with Gasteiger partial charge in [0.1, 0.15) is 11.9 Å². The molecule has 2 N–H and O–H groups in total. The minimum atomic E-state index is -0.482. The number of hydrogen-bond donors (Lipinski definition) is 2. The molecule has 2 aliphatic carbocycles. The van der Waals surface area contributed by atoms with Crippen molar-refractivity contribution >= 4 is 18.2 Å². The molecule has 1 spiro atoms. The van der Waals surface area contributed by atoms with Crippen molar-refractivity contribution < 1.29 is 24.2 Å². The minimum absolute atomic E-state index is 0.0207. The molecule has 35 heavy (non-hydrogen) atoms. The van der Waals surface area contributed by atoms with Gasteiger partial charge in [0.2, 0.25) is 12.3 Å². The van der Waals surface area contributed by atoms with E-state index in [1.165, 1.54) is 12.8 Å². The maximum Gasteiger partial charge on any atom is 0.254 e. The van der Waals surface area contributed by atoms with Gasteiger partial charge in [0.15, 0.2) is 0 Å². The molecule has 8 heteroatoms. The first-order valence-corrected chi connectivity index (χ1v) is 13.0. The molecule has 3 fully saturated rings. The van der Waals surface area contributed by atoms with E-state index in [4.69, 9.17) is 4.74 Å². The first kappa shape index (κ1) is 24.3. The number of carbonyl (C=O) groups is 3. The lowest BCUT2D eigenvalue weighted by atomic mass is 9.55. The second kappa shape index (κ2) is 9.21. The molecule has 5 rings (SSSR count). The number of aliphatic hydroxyl groups is 1. The number of fused-ring (bicyclic) bond motifs is 1. The number of imide groups is 1. The van der Waals surface area contributed by atoms with Crippen LogP contribution in [0.5, 0.6) is 5.75 Å². The molecule has 0 radical (unpaired) electrons. The zero-order chi connectivity index (χ0) is 24.8. The van der Waals surface area contributed by atoms with Crippen LogP contribution in [0.15, 0.2) is 18.2 Å². The molecule has 2 saturated carbocycles. The Morgan fingerprint density at radius 2 is 2.03 bits per heavy atom. The van der Waals surface area contributed by atoms with Gasteiger partial charge in [-0.25, -0.2) is 0 Å². The summed E-state index contributed by atoms with van der Waals surface area (Å²) in [5.74, 6) is 0.465. The summed E-state index contributed by atoms with van der Waals surface area (Å²) in [6.07, 6.45) is 7.62. The minimum Gasteiger partial charge on any atom is -0.489 e. The SMILES string of the molecule is CC(CCC(=O)NC=O)N1Cc2cc(OC3CCCCC3N3CC4(C3)CC(C)(O)C4)ccc2C1=O. The summed E-state index contributed by atoms with van der Waals surface area (Å²) < 4.78 is 6.54. The van der Waals surface area contributed by atoms with Crippen LogP contribution in [0.1, 0.15) is 81.1 Å². The van der Waals surface area contributed by atoms with E-state index < -0.39 is 5.60 Å². The van der Waals surface area contributed by atoms with Crippen molar-refractivity contribution in [3.8, 4) is 5.75 Å². The summed E-state index contributed by atoms with van der Waals surface area (Å²) in [6, 6.07) is 6.08. The fourth-order valence-electron chi connectivity index (χ4n) is 7.03. The number of hydrogen-bond acceptors (Lipinski definition) is 6. The highest BCUT2D eigenvalue weighted by Crippen LogP contribution is 2.55. The van der Waals surface area contributed by atoms with E-state index in [1.54, 1.807) is 4.90 Å². The van der Waals surface area contributed by atoms with Crippen LogP contribution in [0.3, 0.4) is 0 Å². The monoisotopic (exact) mass is 483 g/mol. The summed E-state index contributed by atoms with van der Waals surface area (Å²) in [7, 11) is 0. The van der Waals surface area contributed by atoms with E-state index in [0.29, 0.717) is 36.4 Å². The Morgan fingerprint density at radius 3 is 2.74 bits per heavy atom. The van der Waals surface area contributed by atoms with E-state index in [1.807, 2.05) is 32.0 Å². The van der Waals surface area contributed by atoms with Crippen LogP contribution in [0.4, 0.5) is 0 Å². The molecular formula is C27H37N3O5. The Kier molecular flexibility index (Phi) is 6.38. The predicted molar refractivity (Wildman–Crippen MR) is 130 cm³/mol. The van der Waals surface area contributed by atoms with Crippen molar-refractivity contribution in [2.24, 2.45) is 5.41 Å². The molecular weight excluding hydrogens is 446 g/mol. The number of likely N-dealkylation sites (tertiary alicyclic amines) is 1. The third kappa shape index (κ3) is 4.83. The number of benzene rings is 1. The van der Waals surface area contributed by atoms with Crippen molar-refractivity contribution in [2.75, 3.05) is 13.1 Å². The fourth-order valence-corrected chi connectivity index (χ4v) is 7.03. The molecule has 0 aromatic heterocycles. The fraction of sp³-hybridized carbons (Fsp3) is 0.667. The molecule has 0 bridgehead atoms. The van der Waals surface area contributed by atoms with E-state index in [9.17, 15) is 19.5 Å². The van der Waals surface area contributed by atoms with Crippen molar-refractivity contribution in [1.29, 1.82) is 0 Å². The third-order valence-electron chi connectivity index (χ3n) is 8.46. The zero-order valence-electron chi connectivity index (χ0n) is 20.8. The number of nitrogens with one attached hydrogen (secondary N) is 1. The molecule has 1 aromatic carbocycles. The molecule has 1 saturated heterocycles. The van der Waals surface area contributed by atoms with Crippen molar-refractivity contribution in [2.45, 2.75) is 95.5 Å². The molecule has 2 heterocycles. The highest BCUT2D eigenvalue weighted by atomic mass is 16.5. The van der Waals surface area contributed by atoms with Gasteiger partial charge in [-0.15, -0.1) is 0 Å². The first-order chi connectivity index (χ1) is 16.7. The van der Waals surface area contributed by atoms with Gasteiger partial charge >= 0.3 is 0 Å². The molecule has 3 atom stereocenters. The van der Waals surface area contributed by atoms with E-state index in [2.05, 4.69) is 10.2 Å². The van der Waals surface area contributed by atoms with Gasteiger partial charge in [0.05, 0.1) is 5.60 Å². The topological polar surface area (TPSA) is 99.2 Å². The van der Waals surface area contributed by atoms with Gasteiger partial charge in [0.25, 0.3) is 5.91 Å². The van der Waals surface area contributed by atoms with Crippen molar-refractivity contribution in [1.82, 2.24) is 15.1 Å². The smallest absolute Gasteiger partial charge is 0.254 e. The van der Waals surface area contributed by atoms with Gasteiger partial charge in [0, 0.05) is 49.1 Å². The molecule has 2 aliphatic heterocycles. The Bertz CT molecular complexity index is 993. The number of nitrogens with zero attached hydrogens (tertiary/aromatic N) is 2. The highest BCUT2D eigenvalue weighted by Gasteiger charge is 2.58. The molecule has 8 nitrogen and oxygen atoms in total. The second-order valence-electron chi connectivity index (χ2n) is 11.6. The molecule has 190 valence electrons. The van der Waals surface area contributed by atoms with Crippen LogP contribution in [0.25, 0.3) is 0 Å². The summed E-state index contributed by atoms with van der Waals surface area (Å²) in [5, 5.41) is 12.3. The summed E-state index contributed by atoms with van der Waals surface area (Å²) in [6.45, 7) is 6.50. The van der Waals surface area contributed by atoms with Crippen LogP contribution in [-0.4, -0.2) is 70.0 Å². The van der Waals surface area contributed by atoms with Gasteiger partial charge < -0.3 is 14.7 Å². The van der Waals surface area contributed by atoms with Crippen LogP contribution in [0.2, 0.25) is 0 Å². The van der Waals surface area contributed by atoms with Crippen molar-refractivity contribution in [3.05, 3.63) is 29.3 Å². The maximum atomic E-state index is 12.9. The van der Waals surface area contributed by atoms with Gasteiger partial charge in [-0.2, -0.15) is 0 Å². The normalized spacial score (nSPS) is 27.5.